The average molecular weight is 385 g/mol. The Morgan fingerprint density at radius 1 is 1.27 bits per heavy atom. The first-order chi connectivity index (χ1) is 10.4. The van der Waals surface area contributed by atoms with Gasteiger partial charge in [-0.25, -0.2) is 0 Å². The van der Waals surface area contributed by atoms with Crippen LogP contribution < -0.4 is 10.6 Å². The lowest BCUT2D eigenvalue weighted by Crippen LogP contribution is -2.17. The van der Waals surface area contributed by atoms with Crippen molar-refractivity contribution in [1.29, 1.82) is 0 Å². The van der Waals surface area contributed by atoms with Gasteiger partial charge in [0.1, 0.15) is 5.69 Å². The summed E-state index contributed by atoms with van der Waals surface area (Å²) in [7, 11) is 0. The van der Waals surface area contributed by atoms with Gasteiger partial charge in [-0.15, -0.1) is 0 Å². The molecule has 1 aromatic carbocycles. The molecule has 0 bridgehead atoms. The normalized spacial score (nSPS) is 10.4. The van der Waals surface area contributed by atoms with E-state index >= 15 is 0 Å². The van der Waals surface area contributed by atoms with Crippen molar-refractivity contribution in [1.82, 2.24) is 4.57 Å². The SMILES string of the molecule is CCn1cc(Br)cc1C(=O)Nc1cc(NC(C)=O)ccc1Cl. The maximum absolute atomic E-state index is 12.4. The molecule has 0 unspecified atom stereocenters. The van der Waals surface area contributed by atoms with Crippen molar-refractivity contribution < 1.29 is 9.59 Å². The molecule has 1 aromatic heterocycles. The lowest BCUT2D eigenvalue weighted by Gasteiger charge is -2.11. The van der Waals surface area contributed by atoms with Gasteiger partial charge in [-0.2, -0.15) is 0 Å². The Hall–Kier alpha value is -1.79. The van der Waals surface area contributed by atoms with Crippen LogP contribution in [0.1, 0.15) is 24.3 Å². The Kier molecular flexibility index (Phi) is 5.26. The molecule has 0 aliphatic rings. The lowest BCUT2D eigenvalue weighted by atomic mass is 10.2. The second kappa shape index (κ2) is 6.98. The molecule has 2 aromatic rings. The van der Waals surface area contributed by atoms with Crippen LogP contribution in [0.15, 0.2) is 34.9 Å². The van der Waals surface area contributed by atoms with Crippen LogP contribution >= 0.6 is 27.5 Å². The third-order valence-electron chi connectivity index (χ3n) is 2.97. The summed E-state index contributed by atoms with van der Waals surface area (Å²) in [5.41, 5.74) is 1.53. The number of amides is 2. The highest BCUT2D eigenvalue weighted by atomic mass is 79.9. The molecule has 0 aliphatic carbocycles. The number of rotatable bonds is 4. The second-order valence-electron chi connectivity index (χ2n) is 4.66. The maximum atomic E-state index is 12.4. The minimum atomic E-state index is -0.269. The van der Waals surface area contributed by atoms with Gasteiger partial charge in [0.05, 0.1) is 10.7 Å². The van der Waals surface area contributed by atoms with E-state index in [0.29, 0.717) is 28.6 Å². The van der Waals surface area contributed by atoms with Gasteiger partial charge in [0.15, 0.2) is 0 Å². The van der Waals surface area contributed by atoms with E-state index in [4.69, 9.17) is 11.6 Å². The first-order valence-corrected chi connectivity index (χ1v) is 7.82. The first kappa shape index (κ1) is 16.6. The zero-order valence-electron chi connectivity index (χ0n) is 12.1. The highest BCUT2D eigenvalue weighted by molar-refractivity contribution is 9.10. The Morgan fingerprint density at radius 2 is 2.00 bits per heavy atom. The van der Waals surface area contributed by atoms with Gasteiger partial charge >= 0.3 is 0 Å². The van der Waals surface area contributed by atoms with E-state index in [9.17, 15) is 9.59 Å². The van der Waals surface area contributed by atoms with E-state index in [1.54, 1.807) is 24.3 Å². The van der Waals surface area contributed by atoms with Crippen molar-refractivity contribution in [3.63, 3.8) is 0 Å². The standard InChI is InChI=1S/C15H15BrClN3O2/c1-3-20-8-10(16)6-14(20)15(22)19-13-7-11(18-9(2)21)4-5-12(13)17/h4-8H,3H2,1-2H3,(H,18,21)(H,19,22). The van der Waals surface area contributed by atoms with Crippen molar-refractivity contribution >= 4 is 50.7 Å². The fraction of sp³-hybridized carbons (Fsp3) is 0.200. The Morgan fingerprint density at radius 3 is 2.64 bits per heavy atom. The van der Waals surface area contributed by atoms with Gasteiger partial charge < -0.3 is 15.2 Å². The molecule has 1 heterocycles. The predicted molar refractivity (Wildman–Crippen MR) is 91.5 cm³/mol. The summed E-state index contributed by atoms with van der Waals surface area (Å²) >= 11 is 9.46. The van der Waals surface area contributed by atoms with Crippen molar-refractivity contribution in [2.24, 2.45) is 0 Å². The molecule has 0 saturated heterocycles. The minimum absolute atomic E-state index is 0.191. The summed E-state index contributed by atoms with van der Waals surface area (Å²) in [6, 6.07) is 6.66. The number of carbonyl (C=O) groups is 2. The fourth-order valence-corrected chi connectivity index (χ4v) is 2.64. The third kappa shape index (κ3) is 3.90. The molecule has 0 atom stereocenters. The van der Waals surface area contributed by atoms with Crippen LogP contribution in [0.4, 0.5) is 11.4 Å². The van der Waals surface area contributed by atoms with Gasteiger partial charge in [-0.05, 0) is 47.1 Å². The molecule has 116 valence electrons. The molecule has 0 spiro atoms. The largest absolute Gasteiger partial charge is 0.343 e. The number of carbonyl (C=O) groups excluding carboxylic acids is 2. The van der Waals surface area contributed by atoms with Gasteiger partial charge in [-0.1, -0.05) is 11.6 Å². The van der Waals surface area contributed by atoms with E-state index < -0.39 is 0 Å². The smallest absolute Gasteiger partial charge is 0.272 e. The quantitative estimate of drug-likeness (QED) is 0.832. The van der Waals surface area contributed by atoms with Crippen LogP contribution in [0.2, 0.25) is 5.02 Å². The molecular weight excluding hydrogens is 370 g/mol. The highest BCUT2D eigenvalue weighted by Gasteiger charge is 2.14. The van der Waals surface area contributed by atoms with Crippen LogP contribution in [0.3, 0.4) is 0 Å². The number of nitrogens with one attached hydrogen (secondary N) is 2. The third-order valence-corrected chi connectivity index (χ3v) is 3.73. The summed E-state index contributed by atoms with van der Waals surface area (Å²) < 4.78 is 2.66. The molecule has 0 fully saturated rings. The van der Waals surface area contributed by atoms with E-state index in [-0.39, 0.29) is 11.8 Å². The molecule has 0 radical (unpaired) electrons. The molecule has 2 rings (SSSR count). The second-order valence-corrected chi connectivity index (χ2v) is 5.98. The zero-order chi connectivity index (χ0) is 16.3. The Balaban J connectivity index is 2.25. The summed E-state index contributed by atoms with van der Waals surface area (Å²) in [5, 5.41) is 5.81. The fourth-order valence-electron chi connectivity index (χ4n) is 2.02. The molecule has 5 nitrogen and oxygen atoms in total. The van der Waals surface area contributed by atoms with E-state index in [0.717, 1.165) is 4.47 Å². The first-order valence-electron chi connectivity index (χ1n) is 6.65. The lowest BCUT2D eigenvalue weighted by molar-refractivity contribution is -0.114. The monoisotopic (exact) mass is 383 g/mol. The van der Waals surface area contributed by atoms with Gasteiger partial charge in [0.25, 0.3) is 5.91 Å². The zero-order valence-corrected chi connectivity index (χ0v) is 14.5. The van der Waals surface area contributed by atoms with Crippen LogP contribution in [-0.2, 0) is 11.3 Å². The molecule has 22 heavy (non-hydrogen) atoms. The number of benzene rings is 1. The number of hydrogen-bond donors (Lipinski definition) is 2. The van der Waals surface area contributed by atoms with Crippen LogP contribution in [0, 0.1) is 0 Å². The molecule has 0 aliphatic heterocycles. The number of halogens is 2. The topological polar surface area (TPSA) is 63.1 Å². The molecule has 7 heteroatoms. The van der Waals surface area contributed by atoms with Crippen LogP contribution in [0.25, 0.3) is 0 Å². The summed E-state index contributed by atoms with van der Waals surface area (Å²) in [6.45, 7) is 4.04. The minimum Gasteiger partial charge on any atom is -0.343 e. The Bertz CT molecular complexity index is 728. The van der Waals surface area contributed by atoms with Crippen molar-refractivity contribution in [2.75, 3.05) is 10.6 Å². The van der Waals surface area contributed by atoms with Crippen molar-refractivity contribution in [3.8, 4) is 0 Å². The molecule has 2 amide bonds. The average Bonchev–Trinajstić information content (AvgIpc) is 2.83. The Labute approximate surface area is 141 Å². The van der Waals surface area contributed by atoms with E-state index in [1.165, 1.54) is 6.92 Å². The maximum Gasteiger partial charge on any atom is 0.272 e. The number of hydrogen-bond acceptors (Lipinski definition) is 2. The summed E-state index contributed by atoms with van der Waals surface area (Å²) in [6.07, 6.45) is 1.84. The van der Waals surface area contributed by atoms with Crippen molar-refractivity contribution in [3.05, 3.63) is 45.7 Å². The number of aromatic nitrogens is 1. The summed E-state index contributed by atoms with van der Waals surface area (Å²) in [4.78, 5) is 23.5. The molecule has 2 N–H and O–H groups in total. The van der Waals surface area contributed by atoms with Crippen LogP contribution in [-0.4, -0.2) is 16.4 Å². The summed E-state index contributed by atoms with van der Waals surface area (Å²) in [5.74, 6) is -0.460. The van der Waals surface area contributed by atoms with Gasteiger partial charge in [-0.3, -0.25) is 9.59 Å². The number of anilines is 2. The number of nitrogens with zero attached hydrogens (tertiary/aromatic N) is 1. The predicted octanol–water partition coefficient (Wildman–Crippen LogP) is 4.13. The number of aryl methyl sites for hydroxylation is 1. The van der Waals surface area contributed by atoms with Crippen LogP contribution in [0.5, 0.6) is 0 Å². The van der Waals surface area contributed by atoms with E-state index in [1.807, 2.05) is 17.7 Å². The molecule has 0 saturated carbocycles. The van der Waals surface area contributed by atoms with Gasteiger partial charge in [0, 0.05) is 29.8 Å². The molecular formula is C15H15BrClN3O2. The van der Waals surface area contributed by atoms with Crippen molar-refractivity contribution in [2.45, 2.75) is 20.4 Å². The van der Waals surface area contributed by atoms with Gasteiger partial charge in [0.2, 0.25) is 5.91 Å². The van der Waals surface area contributed by atoms with E-state index in [2.05, 4.69) is 26.6 Å². The highest BCUT2D eigenvalue weighted by Crippen LogP contribution is 2.26.